The van der Waals surface area contributed by atoms with Crippen LogP contribution in [0.25, 0.3) is 0 Å². The fourth-order valence-electron chi connectivity index (χ4n) is 4.74. The summed E-state index contributed by atoms with van der Waals surface area (Å²) in [4.78, 5) is 12.3. The Morgan fingerprint density at radius 2 is 1.15 bits per heavy atom. The highest BCUT2D eigenvalue weighted by molar-refractivity contribution is 5.67. The lowest BCUT2D eigenvalue weighted by atomic mass is 9.92. The van der Waals surface area contributed by atoms with E-state index in [2.05, 4.69) is 18.5 Å². The van der Waals surface area contributed by atoms with Crippen molar-refractivity contribution >= 4 is 6.09 Å². The van der Waals surface area contributed by atoms with Crippen LogP contribution in [0.3, 0.4) is 0 Å². The van der Waals surface area contributed by atoms with Crippen LogP contribution in [0.2, 0.25) is 0 Å². The summed E-state index contributed by atoms with van der Waals surface area (Å²) < 4.78 is 31.8. The first-order valence-corrected chi connectivity index (χ1v) is 13.9. The van der Waals surface area contributed by atoms with Crippen molar-refractivity contribution in [2.24, 2.45) is 0 Å². The molecule has 1 fully saturated rings. The molecule has 0 bridgehead atoms. The summed E-state index contributed by atoms with van der Waals surface area (Å²) in [6.45, 7) is 8.91. The van der Waals surface area contributed by atoms with E-state index in [9.17, 15) is 4.79 Å². The first kappa shape index (κ1) is 30.2. The van der Waals surface area contributed by atoms with Crippen LogP contribution in [0.15, 0.2) is 116 Å². The third-order valence-corrected chi connectivity index (χ3v) is 6.75. The van der Waals surface area contributed by atoms with E-state index >= 15 is 0 Å². The van der Waals surface area contributed by atoms with Crippen molar-refractivity contribution < 1.29 is 28.5 Å². The molecule has 3 aromatic rings. The maximum Gasteiger partial charge on any atom is 0.407 e. The lowest BCUT2D eigenvalue weighted by molar-refractivity contribution is -0.269. The van der Waals surface area contributed by atoms with Crippen molar-refractivity contribution in [1.29, 1.82) is 0 Å². The number of rotatable bonds is 15. The molecule has 1 amide bonds. The summed E-state index contributed by atoms with van der Waals surface area (Å²) in [5.41, 5.74) is 3.07. The predicted octanol–water partition coefficient (Wildman–Crippen LogP) is 6.00. The molecule has 1 aliphatic rings. The van der Waals surface area contributed by atoms with Crippen LogP contribution < -0.4 is 5.32 Å². The monoisotopic (exact) mass is 557 g/mol. The first-order valence-electron chi connectivity index (χ1n) is 13.9. The molecule has 41 heavy (non-hydrogen) atoms. The van der Waals surface area contributed by atoms with Gasteiger partial charge >= 0.3 is 6.09 Å². The van der Waals surface area contributed by atoms with Crippen LogP contribution in [0.5, 0.6) is 0 Å². The molecule has 7 heteroatoms. The topological polar surface area (TPSA) is 75.3 Å². The van der Waals surface area contributed by atoms with Gasteiger partial charge in [-0.15, -0.1) is 13.2 Å². The zero-order valence-electron chi connectivity index (χ0n) is 23.3. The summed E-state index contributed by atoms with van der Waals surface area (Å²) in [6, 6.07) is 29.9. The van der Waals surface area contributed by atoms with Crippen LogP contribution in [-0.2, 0) is 43.5 Å². The van der Waals surface area contributed by atoms with Crippen molar-refractivity contribution in [2.75, 3.05) is 13.2 Å². The Labute approximate surface area is 242 Å². The number of carbonyl (C=O) groups excluding carboxylic acids is 1. The highest BCUT2D eigenvalue weighted by atomic mass is 16.6. The van der Waals surface area contributed by atoms with Crippen LogP contribution in [0.4, 0.5) is 4.79 Å². The third kappa shape index (κ3) is 9.40. The quantitative estimate of drug-likeness (QED) is 0.231. The molecule has 3 aromatic carbocycles. The lowest BCUT2D eigenvalue weighted by Gasteiger charge is -2.46. The predicted molar refractivity (Wildman–Crippen MR) is 158 cm³/mol. The molecular formula is C34H39NO6. The van der Waals surface area contributed by atoms with Gasteiger partial charge in [-0.25, -0.2) is 4.79 Å². The van der Waals surface area contributed by atoms with Crippen LogP contribution in [0.1, 0.15) is 23.1 Å². The highest BCUT2D eigenvalue weighted by Crippen LogP contribution is 2.32. The molecule has 0 radical (unpaired) electrons. The van der Waals surface area contributed by atoms with E-state index in [1.807, 2.05) is 91.0 Å². The van der Waals surface area contributed by atoms with E-state index in [1.165, 1.54) is 0 Å². The van der Waals surface area contributed by atoms with Gasteiger partial charge in [0.2, 0.25) is 0 Å². The average Bonchev–Trinajstić information content (AvgIpc) is 3.02. The number of alkyl carbamates (subject to hydrolysis) is 1. The second-order valence-corrected chi connectivity index (χ2v) is 9.79. The Kier molecular flexibility index (Phi) is 12.2. The van der Waals surface area contributed by atoms with E-state index in [0.717, 1.165) is 16.7 Å². The SMILES string of the molecule is C=CCNC(=O)OC[C@H]1O[C@H](CC=C)[C@H](OCc2ccccc2)[C@@H](OCc2ccccc2)[C@H]1OCc1ccccc1. The van der Waals surface area contributed by atoms with E-state index in [4.69, 9.17) is 23.7 Å². The fraction of sp³-hybridized carbons (Fsp3) is 0.324. The van der Waals surface area contributed by atoms with Crippen LogP contribution >= 0.6 is 0 Å². The van der Waals surface area contributed by atoms with E-state index in [0.29, 0.717) is 32.8 Å². The van der Waals surface area contributed by atoms with Gasteiger partial charge in [-0.1, -0.05) is 103 Å². The van der Waals surface area contributed by atoms with Gasteiger partial charge in [-0.2, -0.15) is 0 Å². The fourth-order valence-corrected chi connectivity index (χ4v) is 4.74. The molecule has 1 aliphatic heterocycles. The normalized spacial score (nSPS) is 22.0. The molecule has 1 saturated heterocycles. The number of hydrogen-bond donors (Lipinski definition) is 1. The van der Waals surface area contributed by atoms with Crippen molar-refractivity contribution in [3.63, 3.8) is 0 Å². The molecule has 5 atom stereocenters. The Hall–Kier alpha value is -3.75. The minimum Gasteiger partial charge on any atom is -0.447 e. The minimum atomic E-state index is -0.601. The minimum absolute atomic E-state index is 0.0212. The number of hydrogen-bond acceptors (Lipinski definition) is 6. The number of carbonyl (C=O) groups is 1. The summed E-state index contributed by atoms with van der Waals surface area (Å²) in [7, 11) is 0. The van der Waals surface area contributed by atoms with E-state index in [1.54, 1.807) is 12.2 Å². The zero-order valence-corrected chi connectivity index (χ0v) is 23.3. The third-order valence-electron chi connectivity index (χ3n) is 6.75. The molecule has 7 nitrogen and oxygen atoms in total. The Morgan fingerprint density at radius 3 is 1.61 bits per heavy atom. The van der Waals surface area contributed by atoms with E-state index < -0.39 is 36.6 Å². The summed E-state index contributed by atoms with van der Waals surface area (Å²) >= 11 is 0. The summed E-state index contributed by atoms with van der Waals surface area (Å²) in [5, 5.41) is 2.64. The molecule has 0 aliphatic carbocycles. The molecule has 4 rings (SSSR count). The Morgan fingerprint density at radius 1 is 0.683 bits per heavy atom. The maximum atomic E-state index is 12.3. The van der Waals surface area contributed by atoms with E-state index in [-0.39, 0.29) is 6.61 Å². The number of amides is 1. The molecule has 216 valence electrons. The van der Waals surface area contributed by atoms with Gasteiger partial charge in [0.15, 0.2) is 0 Å². The molecule has 0 unspecified atom stereocenters. The van der Waals surface area contributed by atoms with Crippen molar-refractivity contribution in [3.05, 3.63) is 133 Å². The van der Waals surface area contributed by atoms with Gasteiger partial charge in [-0.05, 0) is 23.1 Å². The number of ether oxygens (including phenoxy) is 5. The van der Waals surface area contributed by atoms with Gasteiger partial charge in [0.1, 0.15) is 31.0 Å². The highest BCUT2D eigenvalue weighted by Gasteiger charge is 2.48. The Balaban J connectivity index is 1.61. The summed E-state index contributed by atoms with van der Waals surface area (Å²) in [5.74, 6) is 0. The molecule has 1 N–H and O–H groups in total. The van der Waals surface area contributed by atoms with Gasteiger partial charge in [0.25, 0.3) is 0 Å². The van der Waals surface area contributed by atoms with Crippen molar-refractivity contribution in [1.82, 2.24) is 5.32 Å². The lowest BCUT2D eigenvalue weighted by Crippen LogP contribution is -2.61. The zero-order chi connectivity index (χ0) is 28.7. The second kappa shape index (κ2) is 16.5. The van der Waals surface area contributed by atoms with Crippen LogP contribution in [-0.4, -0.2) is 49.8 Å². The first-order chi connectivity index (χ1) is 20.2. The van der Waals surface area contributed by atoms with Gasteiger partial charge in [0.05, 0.1) is 25.9 Å². The Bertz CT molecular complexity index is 1190. The second-order valence-electron chi connectivity index (χ2n) is 9.79. The van der Waals surface area contributed by atoms with Crippen LogP contribution in [0, 0.1) is 0 Å². The molecule has 1 heterocycles. The number of nitrogens with one attached hydrogen (secondary N) is 1. The molecule has 0 aromatic heterocycles. The van der Waals surface area contributed by atoms with Crippen molar-refractivity contribution in [2.45, 2.75) is 56.8 Å². The van der Waals surface area contributed by atoms with Gasteiger partial charge in [-0.3, -0.25) is 0 Å². The number of benzene rings is 3. The van der Waals surface area contributed by atoms with Gasteiger partial charge < -0.3 is 29.0 Å². The molecular weight excluding hydrogens is 518 g/mol. The van der Waals surface area contributed by atoms with Gasteiger partial charge in [0, 0.05) is 6.54 Å². The average molecular weight is 558 g/mol. The largest absolute Gasteiger partial charge is 0.447 e. The maximum absolute atomic E-state index is 12.3. The molecule has 0 saturated carbocycles. The molecule has 0 spiro atoms. The van der Waals surface area contributed by atoms with Crippen molar-refractivity contribution in [3.8, 4) is 0 Å². The standard InChI is InChI=1S/C34H39NO6/c1-3-14-29-31(37-22-26-15-8-5-9-16-26)33(39-24-28-19-12-7-13-20-28)32(38-23-27-17-10-6-11-18-27)30(41-29)25-40-34(36)35-21-4-2/h3-13,15-20,29-33H,1-2,14,21-25H2,(H,35,36)/t29-,30-,31+,32+,33-/m1/s1. The smallest absolute Gasteiger partial charge is 0.407 e. The summed E-state index contributed by atoms with van der Waals surface area (Å²) in [6.07, 6.45) is 0.788.